The first kappa shape index (κ1) is 17.1. The summed E-state index contributed by atoms with van der Waals surface area (Å²) in [4.78, 5) is 15.7. The Hall–Kier alpha value is -1.74. The Labute approximate surface area is 149 Å². The molecule has 1 heterocycles. The molecule has 2 aromatic rings. The lowest BCUT2D eigenvalue weighted by Gasteiger charge is -2.32. The molecule has 0 radical (unpaired) electrons. The molecule has 126 valence electrons. The molecule has 0 spiro atoms. The average molecular weight is 340 g/mol. The standard InChI is InChI=1S/C21H25NOS/c23-21(13-16-24-20-9-5-2-6-10-20)22-14-11-19(12-15-22)17-18-7-3-1-4-8-18/h1-10,19H,11-17H2. The maximum atomic E-state index is 12.4. The van der Waals surface area contributed by atoms with Crippen molar-refractivity contribution in [2.24, 2.45) is 5.92 Å². The van der Waals surface area contributed by atoms with Crippen LogP contribution in [-0.4, -0.2) is 29.6 Å². The first-order chi connectivity index (χ1) is 11.8. The van der Waals surface area contributed by atoms with Gasteiger partial charge in [0.2, 0.25) is 5.91 Å². The summed E-state index contributed by atoms with van der Waals surface area (Å²) in [5.41, 5.74) is 1.42. The number of hydrogen-bond donors (Lipinski definition) is 0. The first-order valence-electron chi connectivity index (χ1n) is 8.81. The van der Waals surface area contributed by atoms with Crippen molar-refractivity contribution in [2.75, 3.05) is 18.8 Å². The van der Waals surface area contributed by atoms with Crippen LogP contribution < -0.4 is 0 Å². The number of hydrogen-bond acceptors (Lipinski definition) is 2. The molecule has 0 saturated carbocycles. The van der Waals surface area contributed by atoms with Gasteiger partial charge in [-0.1, -0.05) is 48.5 Å². The lowest BCUT2D eigenvalue weighted by molar-refractivity contribution is -0.132. The molecule has 0 aliphatic carbocycles. The Balaban J connectivity index is 1.37. The van der Waals surface area contributed by atoms with Crippen LogP contribution in [0.2, 0.25) is 0 Å². The molecule has 1 saturated heterocycles. The molecule has 0 unspecified atom stereocenters. The minimum atomic E-state index is 0.316. The molecule has 3 heteroatoms. The molecular formula is C21H25NOS. The summed E-state index contributed by atoms with van der Waals surface area (Å²) in [5, 5.41) is 0. The van der Waals surface area contributed by atoms with Crippen molar-refractivity contribution in [1.82, 2.24) is 4.90 Å². The average Bonchev–Trinajstić information content (AvgIpc) is 2.64. The second-order valence-corrected chi connectivity index (χ2v) is 7.59. The van der Waals surface area contributed by atoms with Crippen molar-refractivity contribution in [1.29, 1.82) is 0 Å². The van der Waals surface area contributed by atoms with Gasteiger partial charge in [0.1, 0.15) is 0 Å². The summed E-state index contributed by atoms with van der Waals surface area (Å²) in [6.45, 7) is 1.85. The number of benzene rings is 2. The zero-order valence-electron chi connectivity index (χ0n) is 14.1. The minimum absolute atomic E-state index is 0.316. The lowest BCUT2D eigenvalue weighted by Crippen LogP contribution is -2.39. The van der Waals surface area contributed by atoms with E-state index in [0.29, 0.717) is 12.3 Å². The Morgan fingerprint density at radius 3 is 2.25 bits per heavy atom. The molecule has 2 aromatic carbocycles. The molecule has 0 aromatic heterocycles. The summed E-state index contributed by atoms with van der Waals surface area (Å²) < 4.78 is 0. The summed E-state index contributed by atoms with van der Waals surface area (Å²) >= 11 is 1.77. The second-order valence-electron chi connectivity index (χ2n) is 6.43. The van der Waals surface area contributed by atoms with Gasteiger partial charge in [-0.05, 0) is 42.9 Å². The lowest BCUT2D eigenvalue weighted by atomic mass is 9.90. The molecular weight excluding hydrogens is 314 g/mol. The SMILES string of the molecule is O=C(CCSc1ccccc1)N1CCC(Cc2ccccc2)CC1. The largest absolute Gasteiger partial charge is 0.343 e. The molecule has 1 fully saturated rings. The van der Waals surface area contributed by atoms with Gasteiger partial charge in [-0.15, -0.1) is 11.8 Å². The van der Waals surface area contributed by atoms with Crippen LogP contribution in [0.1, 0.15) is 24.8 Å². The van der Waals surface area contributed by atoms with Crippen LogP contribution >= 0.6 is 11.8 Å². The Morgan fingerprint density at radius 1 is 0.958 bits per heavy atom. The van der Waals surface area contributed by atoms with Gasteiger partial charge in [-0.3, -0.25) is 4.79 Å². The number of carbonyl (C=O) groups is 1. The molecule has 1 aliphatic heterocycles. The van der Waals surface area contributed by atoms with E-state index in [-0.39, 0.29) is 0 Å². The third-order valence-corrected chi connectivity index (χ3v) is 5.68. The van der Waals surface area contributed by atoms with E-state index in [1.54, 1.807) is 11.8 Å². The van der Waals surface area contributed by atoms with Crippen LogP contribution in [0.5, 0.6) is 0 Å². The number of likely N-dealkylation sites (tertiary alicyclic amines) is 1. The van der Waals surface area contributed by atoms with Crippen molar-refractivity contribution < 1.29 is 4.79 Å². The van der Waals surface area contributed by atoms with Gasteiger partial charge in [0, 0.05) is 30.2 Å². The van der Waals surface area contributed by atoms with E-state index in [0.717, 1.165) is 44.0 Å². The van der Waals surface area contributed by atoms with Crippen molar-refractivity contribution in [3.05, 3.63) is 66.2 Å². The zero-order chi connectivity index (χ0) is 16.6. The van der Waals surface area contributed by atoms with Crippen LogP contribution in [0.15, 0.2) is 65.6 Å². The number of rotatable bonds is 6. The Bertz CT molecular complexity index is 621. The minimum Gasteiger partial charge on any atom is -0.343 e. The van der Waals surface area contributed by atoms with Gasteiger partial charge in [0.15, 0.2) is 0 Å². The maximum Gasteiger partial charge on any atom is 0.223 e. The van der Waals surface area contributed by atoms with Crippen molar-refractivity contribution >= 4 is 17.7 Å². The zero-order valence-corrected chi connectivity index (χ0v) is 14.9. The summed E-state index contributed by atoms with van der Waals surface area (Å²) in [6.07, 6.45) is 4.05. The van der Waals surface area contributed by atoms with Crippen molar-refractivity contribution in [2.45, 2.75) is 30.6 Å². The molecule has 1 aliphatic rings. The smallest absolute Gasteiger partial charge is 0.223 e. The topological polar surface area (TPSA) is 20.3 Å². The van der Waals surface area contributed by atoms with Gasteiger partial charge in [-0.2, -0.15) is 0 Å². The quantitative estimate of drug-likeness (QED) is 0.714. The fourth-order valence-electron chi connectivity index (χ4n) is 3.26. The van der Waals surface area contributed by atoms with E-state index >= 15 is 0 Å². The molecule has 24 heavy (non-hydrogen) atoms. The van der Waals surface area contributed by atoms with E-state index < -0.39 is 0 Å². The molecule has 0 atom stereocenters. The molecule has 0 N–H and O–H groups in total. The third kappa shape index (κ3) is 5.13. The molecule has 1 amide bonds. The number of nitrogens with zero attached hydrogens (tertiary/aromatic N) is 1. The number of amides is 1. The fraction of sp³-hybridized carbons (Fsp3) is 0.381. The first-order valence-corrected chi connectivity index (χ1v) is 9.79. The highest BCUT2D eigenvalue weighted by Gasteiger charge is 2.22. The van der Waals surface area contributed by atoms with Gasteiger partial charge in [-0.25, -0.2) is 0 Å². The van der Waals surface area contributed by atoms with Gasteiger partial charge in [0.25, 0.3) is 0 Å². The van der Waals surface area contributed by atoms with Crippen molar-refractivity contribution in [3.8, 4) is 0 Å². The van der Waals surface area contributed by atoms with E-state index in [1.807, 2.05) is 18.2 Å². The van der Waals surface area contributed by atoms with Gasteiger partial charge in [0.05, 0.1) is 0 Å². The van der Waals surface area contributed by atoms with Crippen LogP contribution in [0.4, 0.5) is 0 Å². The van der Waals surface area contributed by atoms with E-state index in [9.17, 15) is 4.79 Å². The summed E-state index contributed by atoms with van der Waals surface area (Å²) in [5.74, 6) is 1.90. The monoisotopic (exact) mass is 339 g/mol. The van der Waals surface area contributed by atoms with Crippen LogP contribution in [0.3, 0.4) is 0 Å². The van der Waals surface area contributed by atoms with Gasteiger partial charge >= 0.3 is 0 Å². The highest BCUT2D eigenvalue weighted by atomic mass is 32.2. The maximum absolute atomic E-state index is 12.4. The van der Waals surface area contributed by atoms with Crippen LogP contribution in [0.25, 0.3) is 0 Å². The third-order valence-electron chi connectivity index (χ3n) is 4.66. The molecule has 0 bridgehead atoms. The molecule has 3 rings (SSSR count). The predicted molar refractivity (Wildman–Crippen MR) is 101 cm³/mol. The number of thioether (sulfide) groups is 1. The number of carbonyl (C=O) groups excluding carboxylic acids is 1. The summed E-state index contributed by atoms with van der Waals surface area (Å²) in [6, 6.07) is 21.0. The van der Waals surface area contributed by atoms with E-state index in [2.05, 4.69) is 47.4 Å². The highest BCUT2D eigenvalue weighted by Crippen LogP contribution is 2.23. The van der Waals surface area contributed by atoms with Crippen molar-refractivity contribution in [3.63, 3.8) is 0 Å². The normalized spacial score (nSPS) is 15.4. The Kier molecular flexibility index (Phi) is 6.36. The highest BCUT2D eigenvalue weighted by molar-refractivity contribution is 7.99. The van der Waals surface area contributed by atoms with Gasteiger partial charge < -0.3 is 4.90 Å². The number of piperidine rings is 1. The summed E-state index contributed by atoms with van der Waals surface area (Å²) in [7, 11) is 0. The fourth-order valence-corrected chi connectivity index (χ4v) is 4.13. The van der Waals surface area contributed by atoms with Crippen LogP contribution in [-0.2, 0) is 11.2 Å². The molecule has 2 nitrogen and oxygen atoms in total. The van der Waals surface area contributed by atoms with Crippen LogP contribution in [0, 0.1) is 5.92 Å². The van der Waals surface area contributed by atoms with E-state index in [1.165, 1.54) is 10.5 Å². The second kappa shape index (κ2) is 8.93. The van der Waals surface area contributed by atoms with E-state index in [4.69, 9.17) is 0 Å². The Morgan fingerprint density at radius 2 is 1.58 bits per heavy atom. The predicted octanol–water partition coefficient (Wildman–Crippen LogP) is 4.65.